The van der Waals surface area contributed by atoms with Crippen molar-refractivity contribution in [2.75, 3.05) is 18.0 Å². The van der Waals surface area contributed by atoms with Crippen LogP contribution in [0.2, 0.25) is 0 Å². The van der Waals surface area contributed by atoms with Crippen molar-refractivity contribution >= 4 is 5.82 Å². The van der Waals surface area contributed by atoms with Crippen LogP contribution in [0.1, 0.15) is 25.3 Å². The molecule has 2 unspecified atom stereocenters. The van der Waals surface area contributed by atoms with E-state index < -0.39 is 0 Å². The molecular formula is C13H18N4. The highest BCUT2D eigenvalue weighted by molar-refractivity contribution is 5.45. The fourth-order valence-electron chi connectivity index (χ4n) is 2.31. The molecule has 1 aromatic heterocycles. The Morgan fingerprint density at radius 1 is 1.65 bits per heavy atom. The summed E-state index contributed by atoms with van der Waals surface area (Å²) in [5.74, 6) is 1.42. The molecule has 0 saturated carbocycles. The molecule has 4 heteroatoms. The fourth-order valence-corrected chi connectivity index (χ4v) is 2.31. The second-order valence-corrected chi connectivity index (χ2v) is 4.72. The van der Waals surface area contributed by atoms with Gasteiger partial charge in [0.2, 0.25) is 0 Å². The van der Waals surface area contributed by atoms with E-state index in [1.54, 1.807) is 12.3 Å². The van der Waals surface area contributed by atoms with Gasteiger partial charge < -0.3 is 10.6 Å². The minimum Gasteiger partial charge on any atom is -0.356 e. The number of anilines is 1. The smallest absolute Gasteiger partial charge is 0.129 e. The van der Waals surface area contributed by atoms with Crippen LogP contribution in [0.15, 0.2) is 18.3 Å². The van der Waals surface area contributed by atoms with E-state index in [0.29, 0.717) is 11.5 Å². The molecular weight excluding hydrogens is 212 g/mol. The molecule has 2 atom stereocenters. The molecule has 17 heavy (non-hydrogen) atoms. The number of nitrogens with two attached hydrogens (primary N) is 1. The van der Waals surface area contributed by atoms with Gasteiger partial charge in [-0.15, -0.1) is 0 Å². The Balaban J connectivity index is 2.13. The number of hydrogen-bond acceptors (Lipinski definition) is 4. The van der Waals surface area contributed by atoms with Crippen LogP contribution in [0.5, 0.6) is 0 Å². The molecule has 0 radical (unpaired) electrons. The molecule has 1 saturated heterocycles. The van der Waals surface area contributed by atoms with Gasteiger partial charge in [0, 0.05) is 25.3 Å². The van der Waals surface area contributed by atoms with Crippen LogP contribution in [0.25, 0.3) is 0 Å². The van der Waals surface area contributed by atoms with Crippen molar-refractivity contribution in [3.63, 3.8) is 0 Å². The predicted molar refractivity (Wildman–Crippen MR) is 67.5 cm³/mol. The van der Waals surface area contributed by atoms with Crippen molar-refractivity contribution in [2.24, 2.45) is 11.7 Å². The van der Waals surface area contributed by atoms with Crippen molar-refractivity contribution in [2.45, 2.75) is 25.8 Å². The Hall–Kier alpha value is -1.60. The second-order valence-electron chi connectivity index (χ2n) is 4.72. The number of rotatable bonds is 2. The fraction of sp³-hybridized carbons (Fsp3) is 0.538. The second kappa shape index (κ2) is 5.15. The summed E-state index contributed by atoms with van der Waals surface area (Å²) >= 11 is 0. The summed E-state index contributed by atoms with van der Waals surface area (Å²) in [6.07, 6.45) is 4.03. The van der Waals surface area contributed by atoms with Crippen LogP contribution in [0.3, 0.4) is 0 Å². The number of piperidine rings is 1. The third-order valence-electron chi connectivity index (χ3n) is 3.40. The minimum atomic E-state index is 0.219. The van der Waals surface area contributed by atoms with E-state index in [2.05, 4.69) is 22.9 Å². The molecule has 1 fully saturated rings. The van der Waals surface area contributed by atoms with Gasteiger partial charge in [-0.05, 0) is 37.8 Å². The quantitative estimate of drug-likeness (QED) is 0.836. The number of nitriles is 1. The minimum absolute atomic E-state index is 0.219. The molecule has 4 nitrogen and oxygen atoms in total. The molecule has 90 valence electrons. The molecule has 2 heterocycles. The van der Waals surface area contributed by atoms with Crippen LogP contribution in [-0.4, -0.2) is 24.1 Å². The van der Waals surface area contributed by atoms with Crippen LogP contribution in [0, 0.1) is 17.2 Å². The summed E-state index contributed by atoms with van der Waals surface area (Å²) in [6, 6.07) is 5.95. The highest BCUT2D eigenvalue weighted by Gasteiger charge is 2.23. The van der Waals surface area contributed by atoms with Crippen LogP contribution in [-0.2, 0) is 0 Å². The summed E-state index contributed by atoms with van der Waals surface area (Å²) in [7, 11) is 0. The van der Waals surface area contributed by atoms with Gasteiger partial charge in [-0.1, -0.05) is 0 Å². The lowest BCUT2D eigenvalue weighted by molar-refractivity contribution is 0.363. The zero-order chi connectivity index (χ0) is 12.3. The number of nitrogens with zero attached hydrogens (tertiary/aromatic N) is 3. The SMILES string of the molecule is CC(N)C1CCCN(c2cc(C#N)ccn2)C1. The number of aromatic nitrogens is 1. The van der Waals surface area contributed by atoms with Gasteiger partial charge in [-0.2, -0.15) is 5.26 Å². The van der Waals surface area contributed by atoms with E-state index >= 15 is 0 Å². The van der Waals surface area contributed by atoms with Crippen LogP contribution in [0.4, 0.5) is 5.82 Å². The molecule has 0 aromatic carbocycles. The summed E-state index contributed by atoms with van der Waals surface area (Å²) in [5, 5.41) is 8.88. The Morgan fingerprint density at radius 2 is 2.47 bits per heavy atom. The predicted octanol–water partition coefficient (Wildman–Crippen LogP) is 1.52. The molecule has 1 aliphatic heterocycles. The van der Waals surface area contributed by atoms with E-state index in [-0.39, 0.29) is 6.04 Å². The van der Waals surface area contributed by atoms with Gasteiger partial charge in [0.15, 0.2) is 0 Å². The molecule has 0 amide bonds. The van der Waals surface area contributed by atoms with Crippen molar-refractivity contribution in [3.8, 4) is 6.07 Å². The van der Waals surface area contributed by atoms with Gasteiger partial charge in [0.25, 0.3) is 0 Å². The third kappa shape index (κ3) is 2.75. The maximum atomic E-state index is 8.88. The molecule has 0 aliphatic carbocycles. The monoisotopic (exact) mass is 230 g/mol. The van der Waals surface area contributed by atoms with Gasteiger partial charge in [-0.3, -0.25) is 0 Å². The van der Waals surface area contributed by atoms with E-state index in [1.807, 2.05) is 6.07 Å². The Bertz CT molecular complexity index is 422. The van der Waals surface area contributed by atoms with Crippen LogP contribution < -0.4 is 10.6 Å². The molecule has 1 aliphatic rings. The van der Waals surface area contributed by atoms with Gasteiger partial charge in [-0.25, -0.2) is 4.98 Å². The van der Waals surface area contributed by atoms with E-state index in [4.69, 9.17) is 11.0 Å². The summed E-state index contributed by atoms with van der Waals surface area (Å²) in [5.41, 5.74) is 6.63. The maximum Gasteiger partial charge on any atom is 0.129 e. The summed E-state index contributed by atoms with van der Waals surface area (Å²) in [6.45, 7) is 4.01. The normalized spacial score (nSPS) is 21.9. The lowest BCUT2D eigenvalue weighted by Gasteiger charge is -2.35. The molecule has 1 aromatic rings. The van der Waals surface area contributed by atoms with Crippen molar-refractivity contribution in [3.05, 3.63) is 23.9 Å². The highest BCUT2D eigenvalue weighted by Crippen LogP contribution is 2.23. The Labute approximate surface area is 102 Å². The van der Waals surface area contributed by atoms with E-state index in [9.17, 15) is 0 Å². The average molecular weight is 230 g/mol. The van der Waals surface area contributed by atoms with E-state index in [0.717, 1.165) is 25.3 Å². The summed E-state index contributed by atoms with van der Waals surface area (Å²) < 4.78 is 0. The number of hydrogen-bond donors (Lipinski definition) is 1. The van der Waals surface area contributed by atoms with Gasteiger partial charge >= 0.3 is 0 Å². The first-order valence-corrected chi connectivity index (χ1v) is 6.07. The maximum absolute atomic E-state index is 8.88. The largest absolute Gasteiger partial charge is 0.356 e. The molecule has 0 spiro atoms. The van der Waals surface area contributed by atoms with Crippen LogP contribution >= 0.6 is 0 Å². The molecule has 0 bridgehead atoms. The van der Waals surface area contributed by atoms with Crippen molar-refractivity contribution in [1.29, 1.82) is 5.26 Å². The standard InChI is InChI=1S/C13H18N4/c1-10(15)12-3-2-6-17(9-12)13-7-11(8-14)4-5-16-13/h4-5,7,10,12H,2-3,6,9,15H2,1H3. The lowest BCUT2D eigenvalue weighted by atomic mass is 9.92. The number of pyridine rings is 1. The molecule has 2 N–H and O–H groups in total. The molecule has 2 rings (SSSR count). The first-order chi connectivity index (χ1) is 8.20. The Morgan fingerprint density at radius 3 is 3.18 bits per heavy atom. The zero-order valence-electron chi connectivity index (χ0n) is 10.1. The van der Waals surface area contributed by atoms with Crippen molar-refractivity contribution in [1.82, 2.24) is 4.98 Å². The first-order valence-electron chi connectivity index (χ1n) is 6.07. The Kier molecular flexibility index (Phi) is 3.60. The van der Waals surface area contributed by atoms with Gasteiger partial charge in [0.05, 0.1) is 11.6 Å². The summed E-state index contributed by atoms with van der Waals surface area (Å²) in [4.78, 5) is 6.57. The average Bonchev–Trinajstić information content (AvgIpc) is 2.39. The topological polar surface area (TPSA) is 65.9 Å². The zero-order valence-corrected chi connectivity index (χ0v) is 10.1. The third-order valence-corrected chi connectivity index (χ3v) is 3.40. The first kappa shape index (κ1) is 11.9. The van der Waals surface area contributed by atoms with Crippen molar-refractivity contribution < 1.29 is 0 Å². The van der Waals surface area contributed by atoms with E-state index in [1.165, 1.54) is 6.42 Å². The highest BCUT2D eigenvalue weighted by atomic mass is 15.2. The lowest BCUT2D eigenvalue weighted by Crippen LogP contribution is -2.42. The van der Waals surface area contributed by atoms with Gasteiger partial charge in [0.1, 0.15) is 5.82 Å².